The minimum atomic E-state index is -1.55. The van der Waals surface area contributed by atoms with Gasteiger partial charge in [-0.25, -0.2) is 4.79 Å². The summed E-state index contributed by atoms with van der Waals surface area (Å²) in [5, 5.41) is 18.2. The molecule has 15 heavy (non-hydrogen) atoms. The Hall–Kier alpha value is -1.07. The smallest absolute Gasteiger partial charge is 0.337 e. The van der Waals surface area contributed by atoms with E-state index >= 15 is 0 Å². The maximum absolute atomic E-state index is 10.7. The molecule has 4 nitrogen and oxygen atoms in total. The van der Waals surface area contributed by atoms with Gasteiger partial charge in [-0.15, -0.1) is 0 Å². The van der Waals surface area contributed by atoms with Gasteiger partial charge in [0.2, 0.25) is 0 Å². The zero-order valence-corrected chi connectivity index (χ0v) is 9.91. The van der Waals surface area contributed by atoms with Gasteiger partial charge in [-0.1, -0.05) is 15.9 Å². The Morgan fingerprint density at radius 3 is 2.60 bits per heavy atom. The van der Waals surface area contributed by atoms with Crippen LogP contribution >= 0.6 is 15.9 Å². The van der Waals surface area contributed by atoms with E-state index in [1.807, 2.05) is 0 Å². The van der Waals surface area contributed by atoms with E-state index in [1.54, 1.807) is 19.1 Å². The summed E-state index contributed by atoms with van der Waals surface area (Å²) in [5.41, 5.74) is 0.934. The highest BCUT2D eigenvalue weighted by atomic mass is 79.9. The van der Waals surface area contributed by atoms with Crippen molar-refractivity contribution in [2.24, 2.45) is 0 Å². The molecule has 0 heterocycles. The second-order valence-corrected chi connectivity index (χ2v) is 3.88. The number of carbonyl (C=O) groups is 1. The Morgan fingerprint density at radius 2 is 2.13 bits per heavy atom. The summed E-state index contributed by atoms with van der Waals surface area (Å²) in [7, 11) is 1.49. The van der Waals surface area contributed by atoms with Crippen LogP contribution in [-0.2, 0) is 4.79 Å². The quantitative estimate of drug-likeness (QED) is 0.883. The van der Waals surface area contributed by atoms with Gasteiger partial charge >= 0.3 is 5.97 Å². The van der Waals surface area contributed by atoms with Gasteiger partial charge in [0, 0.05) is 10.0 Å². The van der Waals surface area contributed by atoms with Crippen LogP contribution in [0.3, 0.4) is 0 Å². The van der Waals surface area contributed by atoms with E-state index < -0.39 is 12.1 Å². The topological polar surface area (TPSA) is 66.8 Å². The van der Waals surface area contributed by atoms with Crippen LogP contribution < -0.4 is 4.74 Å². The molecule has 0 amide bonds. The van der Waals surface area contributed by atoms with E-state index in [0.717, 1.165) is 0 Å². The highest BCUT2D eigenvalue weighted by Gasteiger charge is 2.22. The van der Waals surface area contributed by atoms with Gasteiger partial charge in [-0.3, -0.25) is 0 Å². The van der Waals surface area contributed by atoms with Crippen LogP contribution in [0.2, 0.25) is 0 Å². The molecule has 0 aliphatic rings. The number of halogens is 1. The van der Waals surface area contributed by atoms with E-state index in [4.69, 9.17) is 9.84 Å². The predicted octanol–water partition coefficient (Wildman–Crippen LogP) is 1.88. The number of ether oxygens (including phenoxy) is 1. The van der Waals surface area contributed by atoms with Gasteiger partial charge in [0.05, 0.1) is 7.11 Å². The lowest BCUT2D eigenvalue weighted by Crippen LogP contribution is -2.13. The first-order valence-electron chi connectivity index (χ1n) is 4.23. The number of carboxylic acid groups (broad SMARTS) is 1. The highest BCUT2D eigenvalue weighted by Crippen LogP contribution is 2.32. The number of hydrogen-bond donors (Lipinski definition) is 2. The molecule has 1 rings (SSSR count). The summed E-state index contributed by atoms with van der Waals surface area (Å²) in [6.45, 7) is 1.70. The van der Waals surface area contributed by atoms with Gasteiger partial charge in [0.25, 0.3) is 0 Å². The Labute approximate surface area is 95.6 Å². The molecular formula is C10H11BrO4. The van der Waals surface area contributed by atoms with Crippen molar-refractivity contribution in [3.8, 4) is 5.75 Å². The average Bonchev–Trinajstić information content (AvgIpc) is 2.17. The number of hydrogen-bond acceptors (Lipinski definition) is 3. The molecule has 0 spiro atoms. The largest absolute Gasteiger partial charge is 0.496 e. The van der Waals surface area contributed by atoms with Crippen LogP contribution in [-0.4, -0.2) is 23.3 Å². The monoisotopic (exact) mass is 274 g/mol. The Balaban J connectivity index is 3.32. The summed E-state index contributed by atoms with van der Waals surface area (Å²) >= 11 is 3.20. The van der Waals surface area contributed by atoms with Crippen LogP contribution in [0.25, 0.3) is 0 Å². The zero-order chi connectivity index (χ0) is 11.6. The maximum Gasteiger partial charge on any atom is 0.337 e. The van der Waals surface area contributed by atoms with Crippen LogP contribution in [0.4, 0.5) is 0 Å². The van der Waals surface area contributed by atoms with Crippen molar-refractivity contribution >= 4 is 21.9 Å². The molecule has 0 aliphatic carbocycles. The molecule has 0 aromatic heterocycles. The molecule has 1 aromatic rings. The summed E-state index contributed by atoms with van der Waals surface area (Å²) in [6.07, 6.45) is -1.55. The first-order chi connectivity index (χ1) is 6.99. The van der Waals surface area contributed by atoms with E-state index in [9.17, 15) is 9.90 Å². The van der Waals surface area contributed by atoms with E-state index in [0.29, 0.717) is 21.3 Å². The second kappa shape index (κ2) is 4.63. The Morgan fingerprint density at radius 1 is 1.53 bits per heavy atom. The van der Waals surface area contributed by atoms with Crippen molar-refractivity contribution in [2.75, 3.05) is 7.11 Å². The van der Waals surface area contributed by atoms with Crippen LogP contribution in [0.5, 0.6) is 5.75 Å². The second-order valence-electron chi connectivity index (χ2n) is 3.03. The minimum absolute atomic E-state index is 0.321. The third-order valence-electron chi connectivity index (χ3n) is 2.14. The van der Waals surface area contributed by atoms with Crippen molar-refractivity contribution < 1.29 is 19.7 Å². The molecule has 0 saturated heterocycles. The molecule has 0 saturated carbocycles. The van der Waals surface area contributed by atoms with E-state index in [2.05, 4.69) is 15.9 Å². The fourth-order valence-corrected chi connectivity index (χ4v) is 2.00. The molecule has 1 unspecified atom stereocenters. The molecule has 0 fully saturated rings. The third-order valence-corrected chi connectivity index (χ3v) is 2.83. The Bertz CT molecular complexity index is 389. The van der Waals surface area contributed by atoms with Crippen molar-refractivity contribution in [3.63, 3.8) is 0 Å². The van der Waals surface area contributed by atoms with Gasteiger partial charge in [-0.05, 0) is 24.6 Å². The number of aliphatic carboxylic acids is 1. The zero-order valence-electron chi connectivity index (χ0n) is 8.32. The maximum atomic E-state index is 10.7. The molecule has 0 radical (unpaired) electrons. The Kier molecular flexibility index (Phi) is 3.71. The number of benzene rings is 1. The molecule has 1 aromatic carbocycles. The number of aliphatic hydroxyl groups excluding tert-OH is 1. The molecular weight excluding hydrogens is 264 g/mol. The number of rotatable bonds is 3. The fourth-order valence-electron chi connectivity index (χ4n) is 1.36. The minimum Gasteiger partial charge on any atom is -0.496 e. The van der Waals surface area contributed by atoms with E-state index in [1.165, 1.54) is 7.11 Å². The van der Waals surface area contributed by atoms with Gasteiger partial charge in [0.1, 0.15) is 5.75 Å². The van der Waals surface area contributed by atoms with Crippen molar-refractivity contribution in [3.05, 3.63) is 27.7 Å². The molecule has 2 N–H and O–H groups in total. The summed E-state index contributed by atoms with van der Waals surface area (Å²) < 4.78 is 5.60. The average molecular weight is 275 g/mol. The lowest BCUT2D eigenvalue weighted by Gasteiger charge is -2.14. The molecule has 1 atom stereocenters. The SMILES string of the molecule is COc1ccc(Br)c(C(O)C(=O)O)c1C. The normalized spacial score (nSPS) is 12.3. The molecule has 0 bridgehead atoms. The number of carboxylic acids is 1. The summed E-state index contributed by atoms with van der Waals surface area (Å²) in [6, 6.07) is 3.35. The van der Waals surface area contributed by atoms with Crippen LogP contribution in [0.1, 0.15) is 17.2 Å². The molecule has 82 valence electrons. The van der Waals surface area contributed by atoms with Crippen LogP contribution in [0, 0.1) is 6.92 Å². The fraction of sp³-hybridized carbons (Fsp3) is 0.300. The lowest BCUT2D eigenvalue weighted by molar-refractivity contribution is -0.147. The van der Waals surface area contributed by atoms with Crippen LogP contribution in [0.15, 0.2) is 16.6 Å². The standard InChI is InChI=1S/C10H11BrO4/c1-5-7(15-2)4-3-6(11)8(5)9(12)10(13)14/h3-4,9,12H,1-2H3,(H,13,14). The van der Waals surface area contributed by atoms with Gasteiger partial charge < -0.3 is 14.9 Å². The first kappa shape index (κ1) is 12.0. The first-order valence-corrected chi connectivity index (χ1v) is 5.02. The van der Waals surface area contributed by atoms with Gasteiger partial charge in [0.15, 0.2) is 6.10 Å². The van der Waals surface area contributed by atoms with Crippen molar-refractivity contribution in [1.82, 2.24) is 0 Å². The molecule has 5 heteroatoms. The van der Waals surface area contributed by atoms with Crippen molar-refractivity contribution in [1.29, 1.82) is 0 Å². The predicted molar refractivity (Wildman–Crippen MR) is 58.0 cm³/mol. The van der Waals surface area contributed by atoms with E-state index in [-0.39, 0.29) is 0 Å². The highest BCUT2D eigenvalue weighted by molar-refractivity contribution is 9.10. The summed E-state index contributed by atoms with van der Waals surface area (Å²) in [4.78, 5) is 10.7. The van der Waals surface area contributed by atoms with Gasteiger partial charge in [-0.2, -0.15) is 0 Å². The lowest BCUT2D eigenvalue weighted by atomic mass is 10.0. The number of methoxy groups -OCH3 is 1. The molecule has 0 aliphatic heterocycles. The third kappa shape index (κ3) is 2.30. The number of aliphatic hydroxyl groups is 1. The van der Waals surface area contributed by atoms with Crippen molar-refractivity contribution in [2.45, 2.75) is 13.0 Å². The summed E-state index contributed by atoms with van der Waals surface area (Å²) in [5.74, 6) is -0.736.